The fraction of sp³-hybridized carbons (Fsp3) is 0.389. The molecule has 0 N–H and O–H groups in total. The first-order valence-corrected chi connectivity index (χ1v) is 7.62. The summed E-state index contributed by atoms with van der Waals surface area (Å²) in [4.78, 5) is 24.0. The van der Waals surface area contributed by atoms with Gasteiger partial charge in [-0.3, -0.25) is 9.36 Å². The molecule has 0 aliphatic heterocycles. The van der Waals surface area contributed by atoms with Gasteiger partial charge in [0.05, 0.1) is 11.6 Å². The van der Waals surface area contributed by atoms with Crippen LogP contribution in [0.25, 0.3) is 10.9 Å². The Morgan fingerprint density at radius 2 is 1.96 bits per heavy atom. The highest BCUT2D eigenvalue weighted by molar-refractivity contribution is 5.92. The zero-order valence-electron chi connectivity index (χ0n) is 14.2. The summed E-state index contributed by atoms with van der Waals surface area (Å²) >= 11 is 0. The van der Waals surface area contributed by atoms with Crippen molar-refractivity contribution in [1.29, 1.82) is 5.26 Å². The molecule has 0 amide bonds. The van der Waals surface area contributed by atoms with Crippen LogP contribution in [0.4, 0.5) is 4.79 Å². The van der Waals surface area contributed by atoms with Crippen molar-refractivity contribution < 1.29 is 19.1 Å². The molecule has 2 rings (SSSR count). The number of esters is 1. The lowest BCUT2D eigenvalue weighted by atomic mass is 10.1. The highest BCUT2D eigenvalue weighted by atomic mass is 16.6. The third kappa shape index (κ3) is 3.93. The molecule has 1 unspecified atom stereocenters. The largest absolute Gasteiger partial charge is 0.457 e. The molecule has 0 fully saturated rings. The van der Waals surface area contributed by atoms with Crippen molar-refractivity contribution in [3.63, 3.8) is 0 Å². The van der Waals surface area contributed by atoms with Gasteiger partial charge in [0.25, 0.3) is 0 Å². The maximum Gasteiger partial charge on any atom is 0.419 e. The lowest BCUT2D eigenvalue weighted by Gasteiger charge is -2.19. The third-order valence-corrected chi connectivity index (χ3v) is 3.30. The summed E-state index contributed by atoms with van der Waals surface area (Å²) < 4.78 is 12.1. The SMILES string of the molecule is CC(OC(=O)CC#N)c1cn(C(=O)OC(C)(C)C)c2ccccc12. The van der Waals surface area contributed by atoms with E-state index in [2.05, 4.69) is 0 Å². The van der Waals surface area contributed by atoms with Crippen LogP contribution in [0, 0.1) is 11.3 Å². The minimum atomic E-state index is -0.618. The summed E-state index contributed by atoms with van der Waals surface area (Å²) in [5.41, 5.74) is 0.737. The molecule has 1 aromatic heterocycles. The van der Waals surface area contributed by atoms with E-state index in [1.165, 1.54) is 4.57 Å². The Bertz CT molecular complexity index is 809. The van der Waals surface area contributed by atoms with Crippen LogP contribution in [0.3, 0.4) is 0 Å². The fourth-order valence-corrected chi connectivity index (χ4v) is 2.36. The first kappa shape index (κ1) is 17.5. The van der Waals surface area contributed by atoms with Crippen LogP contribution in [-0.2, 0) is 14.3 Å². The van der Waals surface area contributed by atoms with Crippen LogP contribution >= 0.6 is 0 Å². The number of ether oxygens (including phenoxy) is 2. The van der Waals surface area contributed by atoms with Gasteiger partial charge in [-0.05, 0) is 33.8 Å². The minimum Gasteiger partial charge on any atom is -0.457 e. The van der Waals surface area contributed by atoms with Crippen molar-refractivity contribution in [1.82, 2.24) is 4.57 Å². The molecule has 0 saturated carbocycles. The molecule has 24 heavy (non-hydrogen) atoms. The smallest absolute Gasteiger partial charge is 0.419 e. The Morgan fingerprint density at radius 1 is 1.29 bits per heavy atom. The van der Waals surface area contributed by atoms with E-state index in [1.807, 2.05) is 18.2 Å². The molecule has 126 valence electrons. The maximum absolute atomic E-state index is 12.4. The van der Waals surface area contributed by atoms with Gasteiger partial charge in [0, 0.05) is 17.1 Å². The normalized spacial score (nSPS) is 12.5. The molecule has 1 atom stereocenters. The standard InChI is InChI=1S/C18H20N2O4/c1-12(23-16(21)9-10-19)14-11-20(17(22)24-18(2,3)4)15-8-6-5-7-13(14)15/h5-8,11-12H,9H2,1-4H3. The molecule has 0 spiro atoms. The molecule has 0 aliphatic carbocycles. The van der Waals surface area contributed by atoms with Crippen LogP contribution in [-0.4, -0.2) is 22.2 Å². The molecule has 0 radical (unpaired) electrons. The quantitative estimate of drug-likeness (QED) is 0.797. The number of fused-ring (bicyclic) bond motifs is 1. The van der Waals surface area contributed by atoms with Crippen LogP contribution < -0.4 is 0 Å². The zero-order valence-corrected chi connectivity index (χ0v) is 14.2. The Balaban J connectivity index is 2.40. The van der Waals surface area contributed by atoms with E-state index in [0.717, 1.165) is 5.39 Å². The average Bonchev–Trinajstić information content (AvgIpc) is 2.85. The number of hydrogen-bond donors (Lipinski definition) is 0. The topological polar surface area (TPSA) is 81.3 Å². The third-order valence-electron chi connectivity index (χ3n) is 3.30. The molecular weight excluding hydrogens is 308 g/mol. The molecule has 1 heterocycles. The summed E-state index contributed by atoms with van der Waals surface area (Å²) in [6.45, 7) is 7.09. The molecule has 1 aromatic carbocycles. The summed E-state index contributed by atoms with van der Waals surface area (Å²) in [5, 5.41) is 9.35. The van der Waals surface area contributed by atoms with E-state index in [-0.39, 0.29) is 6.42 Å². The second-order valence-electron chi connectivity index (χ2n) is 6.42. The Morgan fingerprint density at radius 3 is 2.58 bits per heavy atom. The highest BCUT2D eigenvalue weighted by Crippen LogP contribution is 2.29. The van der Waals surface area contributed by atoms with Crippen molar-refractivity contribution >= 4 is 23.0 Å². The number of carbonyl (C=O) groups excluding carboxylic acids is 2. The highest BCUT2D eigenvalue weighted by Gasteiger charge is 2.23. The van der Waals surface area contributed by atoms with Gasteiger partial charge in [0.1, 0.15) is 18.1 Å². The first-order chi connectivity index (χ1) is 11.2. The van der Waals surface area contributed by atoms with Crippen molar-refractivity contribution in [2.75, 3.05) is 0 Å². The number of para-hydroxylation sites is 1. The van der Waals surface area contributed by atoms with E-state index in [0.29, 0.717) is 11.1 Å². The number of carbonyl (C=O) groups is 2. The molecule has 6 heteroatoms. The van der Waals surface area contributed by atoms with Gasteiger partial charge >= 0.3 is 12.1 Å². The minimum absolute atomic E-state index is 0.310. The van der Waals surface area contributed by atoms with E-state index in [4.69, 9.17) is 14.7 Å². The first-order valence-electron chi connectivity index (χ1n) is 7.62. The predicted octanol–water partition coefficient (Wildman–Crippen LogP) is 3.94. The zero-order chi connectivity index (χ0) is 17.9. The lowest BCUT2D eigenvalue weighted by molar-refractivity contribution is -0.147. The van der Waals surface area contributed by atoms with Gasteiger partial charge in [-0.15, -0.1) is 0 Å². The number of hydrogen-bond acceptors (Lipinski definition) is 5. The monoisotopic (exact) mass is 328 g/mol. The van der Waals surface area contributed by atoms with Crippen molar-refractivity contribution in [3.8, 4) is 6.07 Å². The number of rotatable bonds is 3. The average molecular weight is 328 g/mol. The van der Waals surface area contributed by atoms with E-state index >= 15 is 0 Å². The van der Waals surface area contributed by atoms with Gasteiger partial charge < -0.3 is 9.47 Å². The number of aromatic nitrogens is 1. The van der Waals surface area contributed by atoms with Crippen LogP contribution in [0.5, 0.6) is 0 Å². The van der Waals surface area contributed by atoms with Gasteiger partial charge in [-0.1, -0.05) is 18.2 Å². The van der Waals surface area contributed by atoms with Crippen molar-refractivity contribution in [3.05, 3.63) is 36.0 Å². The van der Waals surface area contributed by atoms with E-state index < -0.39 is 23.8 Å². The molecule has 0 bridgehead atoms. The molecule has 0 saturated heterocycles. The number of nitriles is 1. The Hall–Kier alpha value is -2.81. The van der Waals surface area contributed by atoms with Crippen LogP contribution in [0.1, 0.15) is 45.8 Å². The summed E-state index contributed by atoms with van der Waals surface area (Å²) in [6.07, 6.45) is 0.220. The van der Waals surface area contributed by atoms with Gasteiger partial charge in [-0.25, -0.2) is 4.79 Å². The van der Waals surface area contributed by atoms with Gasteiger partial charge in [0.2, 0.25) is 0 Å². The molecular formula is C18H20N2O4. The Kier molecular flexibility index (Phi) is 4.93. The molecule has 0 aliphatic rings. The second-order valence-corrected chi connectivity index (χ2v) is 6.42. The van der Waals surface area contributed by atoms with Gasteiger partial charge in [-0.2, -0.15) is 5.26 Å². The summed E-state index contributed by atoms with van der Waals surface area (Å²) in [5.74, 6) is -0.598. The lowest BCUT2D eigenvalue weighted by Crippen LogP contribution is -2.26. The Labute approximate surface area is 140 Å². The molecule has 6 nitrogen and oxygen atoms in total. The van der Waals surface area contributed by atoms with E-state index in [1.54, 1.807) is 46.0 Å². The second kappa shape index (κ2) is 6.75. The summed E-state index contributed by atoms with van der Waals surface area (Å²) in [6, 6.07) is 9.06. The van der Waals surface area contributed by atoms with Crippen LogP contribution in [0.2, 0.25) is 0 Å². The molecule has 2 aromatic rings. The fourth-order valence-electron chi connectivity index (χ4n) is 2.36. The van der Waals surface area contributed by atoms with Gasteiger partial charge in [0.15, 0.2) is 0 Å². The maximum atomic E-state index is 12.4. The predicted molar refractivity (Wildman–Crippen MR) is 88.3 cm³/mol. The van der Waals surface area contributed by atoms with Crippen molar-refractivity contribution in [2.24, 2.45) is 0 Å². The van der Waals surface area contributed by atoms with Crippen molar-refractivity contribution in [2.45, 2.75) is 45.8 Å². The number of benzene rings is 1. The van der Waals surface area contributed by atoms with Crippen LogP contribution in [0.15, 0.2) is 30.5 Å². The summed E-state index contributed by atoms with van der Waals surface area (Å²) in [7, 11) is 0. The van der Waals surface area contributed by atoms with E-state index in [9.17, 15) is 9.59 Å². The number of nitrogens with zero attached hydrogens (tertiary/aromatic N) is 2.